The second kappa shape index (κ2) is 3.55. The van der Waals surface area contributed by atoms with Crippen molar-refractivity contribution < 1.29 is 0 Å². The molecule has 1 aliphatic rings. The molecule has 0 atom stereocenters. The van der Waals surface area contributed by atoms with Crippen LogP contribution in [0.2, 0.25) is 0 Å². The Hall–Kier alpha value is -1.40. The molecule has 0 N–H and O–H groups in total. The van der Waals surface area contributed by atoms with Crippen molar-refractivity contribution in [1.29, 1.82) is 5.26 Å². The molecule has 0 saturated carbocycles. The van der Waals surface area contributed by atoms with Crippen LogP contribution in [0.1, 0.15) is 17.5 Å². The Bertz CT molecular complexity index is 336. The minimum absolute atomic E-state index is 0.651. The molecule has 2 heterocycles. The molecule has 3 nitrogen and oxygen atoms in total. The van der Waals surface area contributed by atoms with Gasteiger partial charge in [-0.1, -0.05) is 0 Å². The number of aromatic nitrogens is 1. The van der Waals surface area contributed by atoms with E-state index < -0.39 is 0 Å². The number of likely N-dealkylation sites (tertiary alicyclic amines) is 1. The van der Waals surface area contributed by atoms with Crippen molar-refractivity contribution >= 4 is 0 Å². The van der Waals surface area contributed by atoms with E-state index >= 15 is 0 Å². The van der Waals surface area contributed by atoms with Crippen molar-refractivity contribution in [2.24, 2.45) is 0 Å². The molecule has 0 unspecified atom stereocenters. The molecule has 1 saturated heterocycles. The highest BCUT2D eigenvalue weighted by atomic mass is 15.2. The monoisotopic (exact) mass is 173 g/mol. The number of pyridine rings is 1. The molecular formula is C10H11N3. The predicted molar refractivity (Wildman–Crippen MR) is 48.8 cm³/mol. The molecule has 3 heteroatoms. The summed E-state index contributed by atoms with van der Waals surface area (Å²) in [6, 6.07) is 4.00. The summed E-state index contributed by atoms with van der Waals surface area (Å²) in [4.78, 5) is 6.36. The van der Waals surface area contributed by atoms with Gasteiger partial charge in [0.25, 0.3) is 0 Å². The average molecular weight is 173 g/mol. The third-order valence-electron chi connectivity index (χ3n) is 2.28. The van der Waals surface area contributed by atoms with E-state index in [9.17, 15) is 0 Å². The molecule has 0 aliphatic carbocycles. The van der Waals surface area contributed by atoms with Crippen LogP contribution in [0.5, 0.6) is 0 Å². The van der Waals surface area contributed by atoms with Crippen molar-refractivity contribution in [2.45, 2.75) is 13.0 Å². The van der Waals surface area contributed by atoms with Gasteiger partial charge in [-0.3, -0.25) is 9.88 Å². The molecule has 0 spiro atoms. The van der Waals surface area contributed by atoms with Crippen LogP contribution in [-0.2, 0) is 6.54 Å². The SMILES string of the molecule is N#Cc1cncc(CN2CCC2)c1. The first-order chi connectivity index (χ1) is 6.38. The van der Waals surface area contributed by atoms with Gasteiger partial charge < -0.3 is 0 Å². The Morgan fingerprint density at radius 2 is 2.31 bits per heavy atom. The van der Waals surface area contributed by atoms with Crippen LogP contribution < -0.4 is 0 Å². The van der Waals surface area contributed by atoms with Crippen LogP contribution in [-0.4, -0.2) is 23.0 Å². The summed E-state index contributed by atoms with van der Waals surface area (Å²) in [6.45, 7) is 3.29. The highest BCUT2D eigenvalue weighted by molar-refractivity contribution is 5.28. The number of nitrogens with zero attached hydrogens (tertiary/aromatic N) is 3. The summed E-state index contributed by atoms with van der Waals surface area (Å²) in [7, 11) is 0. The topological polar surface area (TPSA) is 39.9 Å². The lowest BCUT2D eigenvalue weighted by atomic mass is 10.1. The van der Waals surface area contributed by atoms with Crippen molar-refractivity contribution in [1.82, 2.24) is 9.88 Å². The van der Waals surface area contributed by atoms with E-state index in [-0.39, 0.29) is 0 Å². The number of hydrogen-bond acceptors (Lipinski definition) is 3. The normalized spacial score (nSPS) is 16.2. The first-order valence-corrected chi connectivity index (χ1v) is 4.45. The molecule has 0 bridgehead atoms. The molecule has 0 amide bonds. The Morgan fingerprint density at radius 3 is 2.92 bits per heavy atom. The van der Waals surface area contributed by atoms with Crippen molar-refractivity contribution in [3.05, 3.63) is 29.6 Å². The lowest BCUT2D eigenvalue weighted by Crippen LogP contribution is -2.36. The van der Waals surface area contributed by atoms with Crippen LogP contribution in [0.3, 0.4) is 0 Å². The van der Waals surface area contributed by atoms with Crippen LogP contribution in [0.15, 0.2) is 18.5 Å². The highest BCUT2D eigenvalue weighted by Crippen LogP contribution is 2.11. The van der Waals surface area contributed by atoms with Gasteiger partial charge in [-0.05, 0) is 31.1 Å². The summed E-state index contributed by atoms with van der Waals surface area (Å²) < 4.78 is 0. The summed E-state index contributed by atoms with van der Waals surface area (Å²) in [6.07, 6.45) is 4.73. The molecule has 2 rings (SSSR count). The lowest BCUT2D eigenvalue weighted by molar-refractivity contribution is 0.172. The third-order valence-corrected chi connectivity index (χ3v) is 2.28. The maximum atomic E-state index is 8.66. The molecule has 13 heavy (non-hydrogen) atoms. The fraction of sp³-hybridized carbons (Fsp3) is 0.400. The molecule has 0 radical (unpaired) electrons. The molecule has 1 aliphatic heterocycles. The fourth-order valence-electron chi connectivity index (χ4n) is 1.43. The Morgan fingerprint density at radius 1 is 1.46 bits per heavy atom. The molecule has 0 aromatic carbocycles. The van der Waals surface area contributed by atoms with Crippen molar-refractivity contribution in [2.75, 3.05) is 13.1 Å². The van der Waals surface area contributed by atoms with Gasteiger partial charge >= 0.3 is 0 Å². The van der Waals surface area contributed by atoms with E-state index in [0.717, 1.165) is 12.1 Å². The van der Waals surface area contributed by atoms with E-state index in [1.807, 2.05) is 12.3 Å². The molecule has 1 fully saturated rings. The van der Waals surface area contributed by atoms with E-state index in [2.05, 4.69) is 16.0 Å². The van der Waals surface area contributed by atoms with Gasteiger partial charge in [0.05, 0.1) is 5.56 Å². The summed E-state index contributed by atoms with van der Waals surface area (Å²) in [5.74, 6) is 0. The lowest BCUT2D eigenvalue weighted by Gasteiger charge is -2.30. The number of nitriles is 1. The molecule has 66 valence electrons. The van der Waals surface area contributed by atoms with Crippen molar-refractivity contribution in [3.8, 4) is 6.07 Å². The Kier molecular flexibility index (Phi) is 2.24. The van der Waals surface area contributed by atoms with Gasteiger partial charge in [0.1, 0.15) is 6.07 Å². The maximum absolute atomic E-state index is 8.66. The number of rotatable bonds is 2. The smallest absolute Gasteiger partial charge is 0.101 e. The zero-order valence-corrected chi connectivity index (χ0v) is 7.40. The second-order valence-corrected chi connectivity index (χ2v) is 3.32. The van der Waals surface area contributed by atoms with Gasteiger partial charge in [-0.2, -0.15) is 5.26 Å². The van der Waals surface area contributed by atoms with Crippen LogP contribution in [0, 0.1) is 11.3 Å². The van der Waals surface area contributed by atoms with E-state index in [0.29, 0.717) is 5.56 Å². The van der Waals surface area contributed by atoms with E-state index in [1.54, 1.807) is 6.20 Å². The molecule has 1 aromatic rings. The quantitative estimate of drug-likeness (QED) is 0.673. The Labute approximate surface area is 77.6 Å². The summed E-state index contributed by atoms with van der Waals surface area (Å²) >= 11 is 0. The summed E-state index contributed by atoms with van der Waals surface area (Å²) in [5.41, 5.74) is 1.79. The fourth-order valence-corrected chi connectivity index (χ4v) is 1.43. The van der Waals surface area contributed by atoms with Gasteiger partial charge in [0.2, 0.25) is 0 Å². The zero-order valence-electron chi connectivity index (χ0n) is 7.40. The predicted octanol–water partition coefficient (Wildman–Crippen LogP) is 1.16. The van der Waals surface area contributed by atoms with Crippen LogP contribution in [0.4, 0.5) is 0 Å². The standard InChI is InChI=1S/C10H11N3/c11-5-9-4-10(7-12-6-9)8-13-2-1-3-13/h4,6-7H,1-3,8H2. The maximum Gasteiger partial charge on any atom is 0.101 e. The van der Waals surface area contributed by atoms with Gasteiger partial charge in [-0.15, -0.1) is 0 Å². The average Bonchev–Trinajstić information content (AvgIpc) is 2.12. The van der Waals surface area contributed by atoms with E-state index in [4.69, 9.17) is 5.26 Å². The second-order valence-electron chi connectivity index (χ2n) is 3.32. The first-order valence-electron chi connectivity index (χ1n) is 4.45. The Balaban J connectivity index is 2.07. The molecular weight excluding hydrogens is 162 g/mol. The zero-order chi connectivity index (χ0) is 9.10. The van der Waals surface area contributed by atoms with Gasteiger partial charge in [0.15, 0.2) is 0 Å². The van der Waals surface area contributed by atoms with Crippen LogP contribution in [0.25, 0.3) is 0 Å². The van der Waals surface area contributed by atoms with Crippen LogP contribution >= 0.6 is 0 Å². The third kappa shape index (κ3) is 1.85. The van der Waals surface area contributed by atoms with E-state index in [1.165, 1.54) is 19.5 Å². The minimum atomic E-state index is 0.651. The minimum Gasteiger partial charge on any atom is -0.299 e. The van der Waals surface area contributed by atoms with Crippen molar-refractivity contribution in [3.63, 3.8) is 0 Å². The number of hydrogen-bond donors (Lipinski definition) is 0. The highest BCUT2D eigenvalue weighted by Gasteiger charge is 2.13. The molecule has 1 aromatic heterocycles. The largest absolute Gasteiger partial charge is 0.299 e. The first kappa shape index (κ1) is 8.21. The van der Waals surface area contributed by atoms with Gasteiger partial charge in [0, 0.05) is 18.9 Å². The van der Waals surface area contributed by atoms with Gasteiger partial charge in [-0.25, -0.2) is 0 Å². The summed E-state index contributed by atoms with van der Waals surface area (Å²) in [5, 5.41) is 8.66.